The SMILES string of the molecule is COCC(N)C(=O)NC(c1ccccc1)c1ccco1. The summed E-state index contributed by atoms with van der Waals surface area (Å²) in [5, 5.41) is 2.88. The molecule has 5 heteroatoms. The molecule has 0 fully saturated rings. The fourth-order valence-corrected chi connectivity index (χ4v) is 1.92. The summed E-state index contributed by atoms with van der Waals surface area (Å²) in [6.07, 6.45) is 1.58. The Kier molecular flexibility index (Phi) is 4.92. The molecule has 1 heterocycles. The van der Waals surface area contributed by atoms with Gasteiger partial charge in [-0.25, -0.2) is 0 Å². The Bertz CT molecular complexity index is 525. The molecule has 2 aromatic rings. The molecule has 1 aromatic heterocycles. The van der Waals surface area contributed by atoms with E-state index in [0.717, 1.165) is 5.56 Å². The highest BCUT2D eigenvalue weighted by molar-refractivity contribution is 5.82. The van der Waals surface area contributed by atoms with Crippen LogP contribution < -0.4 is 11.1 Å². The monoisotopic (exact) mass is 274 g/mol. The van der Waals surface area contributed by atoms with Gasteiger partial charge in [-0.05, 0) is 17.7 Å². The molecule has 5 nitrogen and oxygen atoms in total. The lowest BCUT2D eigenvalue weighted by molar-refractivity contribution is -0.124. The molecular weight excluding hydrogens is 256 g/mol. The first-order valence-corrected chi connectivity index (χ1v) is 6.35. The van der Waals surface area contributed by atoms with Crippen LogP contribution in [-0.2, 0) is 9.53 Å². The van der Waals surface area contributed by atoms with Gasteiger partial charge in [-0.3, -0.25) is 4.79 Å². The van der Waals surface area contributed by atoms with Gasteiger partial charge >= 0.3 is 0 Å². The summed E-state index contributed by atoms with van der Waals surface area (Å²) < 4.78 is 10.3. The fraction of sp³-hybridized carbons (Fsp3) is 0.267. The second kappa shape index (κ2) is 6.88. The number of amides is 1. The van der Waals surface area contributed by atoms with Crippen molar-refractivity contribution in [3.05, 3.63) is 60.1 Å². The summed E-state index contributed by atoms with van der Waals surface area (Å²) in [7, 11) is 1.51. The van der Waals surface area contributed by atoms with Crippen molar-refractivity contribution in [3.63, 3.8) is 0 Å². The molecule has 0 spiro atoms. The van der Waals surface area contributed by atoms with Gasteiger partial charge in [0.25, 0.3) is 0 Å². The smallest absolute Gasteiger partial charge is 0.240 e. The Morgan fingerprint density at radius 3 is 2.65 bits per heavy atom. The molecule has 0 aliphatic rings. The summed E-state index contributed by atoms with van der Waals surface area (Å²) in [6.45, 7) is 0.172. The number of methoxy groups -OCH3 is 1. The van der Waals surface area contributed by atoms with E-state index >= 15 is 0 Å². The van der Waals surface area contributed by atoms with Gasteiger partial charge < -0.3 is 20.2 Å². The van der Waals surface area contributed by atoms with E-state index in [2.05, 4.69) is 5.32 Å². The van der Waals surface area contributed by atoms with Gasteiger partial charge in [0.2, 0.25) is 5.91 Å². The van der Waals surface area contributed by atoms with Crippen molar-refractivity contribution in [1.29, 1.82) is 0 Å². The summed E-state index contributed by atoms with van der Waals surface area (Å²) >= 11 is 0. The summed E-state index contributed by atoms with van der Waals surface area (Å²) in [5.74, 6) is 0.381. The van der Waals surface area contributed by atoms with E-state index in [4.69, 9.17) is 14.9 Å². The lowest BCUT2D eigenvalue weighted by Gasteiger charge is -2.19. The number of carbonyl (C=O) groups is 1. The topological polar surface area (TPSA) is 77.5 Å². The molecule has 0 bridgehead atoms. The predicted molar refractivity (Wildman–Crippen MR) is 75.0 cm³/mol. The third-order valence-electron chi connectivity index (χ3n) is 2.93. The van der Waals surface area contributed by atoms with Crippen molar-refractivity contribution in [2.24, 2.45) is 5.73 Å². The maximum Gasteiger partial charge on any atom is 0.240 e. The van der Waals surface area contributed by atoms with E-state index in [-0.39, 0.29) is 18.6 Å². The lowest BCUT2D eigenvalue weighted by atomic mass is 10.0. The molecule has 0 radical (unpaired) electrons. The number of furan rings is 1. The van der Waals surface area contributed by atoms with Gasteiger partial charge in [-0.1, -0.05) is 30.3 Å². The number of rotatable bonds is 6. The number of nitrogens with one attached hydrogen (secondary N) is 1. The minimum Gasteiger partial charge on any atom is -0.467 e. The maximum absolute atomic E-state index is 12.1. The number of carbonyl (C=O) groups excluding carboxylic acids is 1. The Morgan fingerprint density at radius 1 is 1.30 bits per heavy atom. The Balaban J connectivity index is 2.18. The predicted octanol–water partition coefficient (Wildman–Crippen LogP) is 1.46. The number of ether oxygens (including phenoxy) is 1. The Labute approximate surface area is 117 Å². The molecule has 2 atom stereocenters. The van der Waals surface area contributed by atoms with Crippen molar-refractivity contribution in [3.8, 4) is 0 Å². The highest BCUT2D eigenvalue weighted by Crippen LogP contribution is 2.22. The molecule has 1 amide bonds. The zero-order chi connectivity index (χ0) is 14.4. The van der Waals surface area contributed by atoms with Gasteiger partial charge in [0.05, 0.1) is 12.9 Å². The molecule has 0 saturated carbocycles. The van der Waals surface area contributed by atoms with Crippen LogP contribution in [0.15, 0.2) is 53.1 Å². The molecule has 2 rings (SSSR count). The molecule has 0 aliphatic carbocycles. The largest absolute Gasteiger partial charge is 0.467 e. The van der Waals surface area contributed by atoms with Crippen molar-refractivity contribution >= 4 is 5.91 Å². The van der Waals surface area contributed by atoms with Gasteiger partial charge in [-0.15, -0.1) is 0 Å². The van der Waals surface area contributed by atoms with Gasteiger partial charge in [0.1, 0.15) is 17.8 Å². The zero-order valence-corrected chi connectivity index (χ0v) is 11.3. The minimum absolute atomic E-state index is 0.172. The van der Waals surface area contributed by atoms with Crippen LogP contribution in [-0.4, -0.2) is 25.7 Å². The van der Waals surface area contributed by atoms with Crippen LogP contribution in [0, 0.1) is 0 Å². The second-order valence-corrected chi connectivity index (χ2v) is 4.43. The van der Waals surface area contributed by atoms with Crippen LogP contribution in [0.5, 0.6) is 0 Å². The molecule has 106 valence electrons. The van der Waals surface area contributed by atoms with E-state index < -0.39 is 6.04 Å². The van der Waals surface area contributed by atoms with E-state index in [1.807, 2.05) is 36.4 Å². The Hall–Kier alpha value is -2.11. The van der Waals surface area contributed by atoms with Crippen molar-refractivity contribution in [1.82, 2.24) is 5.32 Å². The number of nitrogens with two attached hydrogens (primary N) is 1. The first-order chi connectivity index (χ1) is 9.72. The van der Waals surface area contributed by atoms with Crippen LogP contribution in [0.2, 0.25) is 0 Å². The van der Waals surface area contributed by atoms with Crippen LogP contribution in [0.4, 0.5) is 0 Å². The molecule has 0 saturated heterocycles. The number of hydrogen-bond donors (Lipinski definition) is 2. The van der Waals surface area contributed by atoms with Gasteiger partial charge in [-0.2, -0.15) is 0 Å². The van der Waals surface area contributed by atoms with Gasteiger partial charge in [0, 0.05) is 7.11 Å². The molecule has 3 N–H and O–H groups in total. The number of hydrogen-bond acceptors (Lipinski definition) is 4. The standard InChI is InChI=1S/C15H18N2O3/c1-19-10-12(16)15(18)17-14(13-8-5-9-20-13)11-6-3-2-4-7-11/h2-9,12,14H,10,16H2,1H3,(H,17,18). The third-order valence-corrected chi connectivity index (χ3v) is 2.93. The molecule has 1 aromatic carbocycles. The lowest BCUT2D eigenvalue weighted by Crippen LogP contribution is -2.44. The average Bonchev–Trinajstić information content (AvgIpc) is 2.99. The van der Waals surface area contributed by atoms with Crippen molar-refractivity contribution in [2.45, 2.75) is 12.1 Å². The zero-order valence-electron chi connectivity index (χ0n) is 11.3. The van der Waals surface area contributed by atoms with Crippen LogP contribution >= 0.6 is 0 Å². The summed E-state index contributed by atoms with van der Waals surface area (Å²) in [6, 6.07) is 12.1. The Morgan fingerprint density at radius 2 is 2.05 bits per heavy atom. The average molecular weight is 274 g/mol. The highest BCUT2D eigenvalue weighted by atomic mass is 16.5. The maximum atomic E-state index is 12.1. The minimum atomic E-state index is -0.707. The molecule has 2 unspecified atom stereocenters. The van der Waals surface area contributed by atoms with Crippen LogP contribution in [0.3, 0.4) is 0 Å². The molecule has 20 heavy (non-hydrogen) atoms. The normalized spacial score (nSPS) is 13.7. The van der Waals surface area contributed by atoms with E-state index in [0.29, 0.717) is 5.76 Å². The molecule has 0 aliphatic heterocycles. The fourth-order valence-electron chi connectivity index (χ4n) is 1.92. The first kappa shape index (κ1) is 14.3. The van der Waals surface area contributed by atoms with Crippen molar-refractivity contribution in [2.75, 3.05) is 13.7 Å². The van der Waals surface area contributed by atoms with Gasteiger partial charge in [0.15, 0.2) is 0 Å². The quantitative estimate of drug-likeness (QED) is 0.836. The van der Waals surface area contributed by atoms with E-state index in [9.17, 15) is 4.79 Å². The third kappa shape index (κ3) is 3.46. The summed E-state index contributed by atoms with van der Waals surface area (Å²) in [4.78, 5) is 12.1. The van der Waals surface area contributed by atoms with E-state index in [1.54, 1.807) is 12.3 Å². The van der Waals surface area contributed by atoms with Crippen LogP contribution in [0.1, 0.15) is 17.4 Å². The van der Waals surface area contributed by atoms with Crippen LogP contribution in [0.25, 0.3) is 0 Å². The molecular formula is C15H18N2O3. The number of benzene rings is 1. The van der Waals surface area contributed by atoms with Crippen molar-refractivity contribution < 1.29 is 13.9 Å². The second-order valence-electron chi connectivity index (χ2n) is 4.43. The first-order valence-electron chi connectivity index (χ1n) is 6.35. The summed E-state index contributed by atoms with van der Waals surface area (Å²) in [5.41, 5.74) is 6.67. The highest BCUT2D eigenvalue weighted by Gasteiger charge is 2.22. The van der Waals surface area contributed by atoms with E-state index in [1.165, 1.54) is 7.11 Å².